The zero-order valence-electron chi connectivity index (χ0n) is 12.2. The van der Waals surface area contributed by atoms with Crippen LogP contribution in [0.1, 0.15) is 0 Å². The van der Waals surface area contributed by atoms with E-state index in [1.807, 2.05) is 24.3 Å². The molecule has 2 heterocycles. The van der Waals surface area contributed by atoms with Crippen molar-refractivity contribution in [1.82, 2.24) is 4.98 Å². The van der Waals surface area contributed by atoms with Gasteiger partial charge in [0.1, 0.15) is 5.75 Å². The molecule has 1 fully saturated rings. The number of hydrogen-bond donors (Lipinski definition) is 1. The third-order valence-corrected chi connectivity index (χ3v) is 3.83. The Morgan fingerprint density at radius 2 is 1.67 bits per heavy atom. The standard InChI is InChI=1S/C16H20N4O/c1-21-14-6-4-13(5-7-14)19-9-11-20(12-10-19)16-15(17)3-2-8-18-16/h2-8H,9-12,17H2,1H3. The number of nitrogens with zero attached hydrogens (tertiary/aromatic N) is 3. The van der Waals surface area contributed by atoms with Gasteiger partial charge in [-0.25, -0.2) is 4.98 Å². The van der Waals surface area contributed by atoms with E-state index in [9.17, 15) is 0 Å². The molecule has 21 heavy (non-hydrogen) atoms. The Kier molecular flexibility index (Phi) is 3.81. The Morgan fingerprint density at radius 3 is 2.29 bits per heavy atom. The molecule has 0 saturated carbocycles. The molecule has 0 atom stereocenters. The molecule has 5 heteroatoms. The van der Waals surface area contributed by atoms with Gasteiger partial charge in [-0.15, -0.1) is 0 Å². The normalized spacial score (nSPS) is 15.1. The molecule has 5 nitrogen and oxygen atoms in total. The van der Waals surface area contributed by atoms with Crippen LogP contribution in [0.5, 0.6) is 5.75 Å². The predicted molar refractivity (Wildman–Crippen MR) is 86.1 cm³/mol. The molecule has 0 amide bonds. The summed E-state index contributed by atoms with van der Waals surface area (Å²) in [6.07, 6.45) is 1.79. The molecule has 2 N–H and O–H groups in total. The Hall–Kier alpha value is -2.43. The second-order valence-electron chi connectivity index (χ2n) is 5.09. The summed E-state index contributed by atoms with van der Waals surface area (Å²) < 4.78 is 5.20. The summed E-state index contributed by atoms with van der Waals surface area (Å²) in [6, 6.07) is 12.0. The number of methoxy groups -OCH3 is 1. The highest BCUT2D eigenvalue weighted by Crippen LogP contribution is 2.24. The molecule has 3 rings (SSSR count). The average Bonchev–Trinajstić information content (AvgIpc) is 2.56. The molecule has 1 aliphatic rings. The van der Waals surface area contributed by atoms with Crippen molar-refractivity contribution in [2.24, 2.45) is 0 Å². The predicted octanol–water partition coefficient (Wildman–Crippen LogP) is 2.00. The maximum absolute atomic E-state index is 6.00. The fourth-order valence-corrected chi connectivity index (χ4v) is 2.64. The van der Waals surface area contributed by atoms with Crippen molar-refractivity contribution in [3.8, 4) is 5.75 Å². The first kappa shape index (κ1) is 13.5. The lowest BCUT2D eigenvalue weighted by Gasteiger charge is -2.37. The molecule has 0 unspecified atom stereocenters. The van der Waals surface area contributed by atoms with Crippen molar-refractivity contribution in [1.29, 1.82) is 0 Å². The van der Waals surface area contributed by atoms with E-state index in [1.165, 1.54) is 5.69 Å². The van der Waals surface area contributed by atoms with Crippen LogP contribution in [0.25, 0.3) is 0 Å². The summed E-state index contributed by atoms with van der Waals surface area (Å²) in [5.74, 6) is 1.78. The van der Waals surface area contributed by atoms with E-state index in [-0.39, 0.29) is 0 Å². The summed E-state index contributed by atoms with van der Waals surface area (Å²) in [7, 11) is 1.69. The maximum Gasteiger partial charge on any atom is 0.151 e. The first-order valence-electron chi connectivity index (χ1n) is 7.12. The second-order valence-corrected chi connectivity index (χ2v) is 5.09. The van der Waals surface area contributed by atoms with E-state index < -0.39 is 0 Å². The number of rotatable bonds is 3. The summed E-state index contributed by atoms with van der Waals surface area (Å²) in [6.45, 7) is 3.77. The number of benzene rings is 1. The van der Waals surface area contributed by atoms with E-state index >= 15 is 0 Å². The highest BCUT2D eigenvalue weighted by molar-refractivity contribution is 5.63. The lowest BCUT2D eigenvalue weighted by Crippen LogP contribution is -2.47. The van der Waals surface area contributed by atoms with Crippen molar-refractivity contribution < 1.29 is 4.74 Å². The Bertz CT molecular complexity index is 591. The minimum absolute atomic E-state index is 0.746. The lowest BCUT2D eigenvalue weighted by molar-refractivity contribution is 0.415. The van der Waals surface area contributed by atoms with Crippen LogP contribution in [0, 0.1) is 0 Å². The number of ether oxygens (including phenoxy) is 1. The van der Waals surface area contributed by atoms with Crippen molar-refractivity contribution in [2.75, 3.05) is 48.8 Å². The van der Waals surface area contributed by atoms with Crippen LogP contribution < -0.4 is 20.3 Å². The monoisotopic (exact) mass is 284 g/mol. The zero-order chi connectivity index (χ0) is 14.7. The number of hydrogen-bond acceptors (Lipinski definition) is 5. The summed E-state index contributed by atoms with van der Waals surface area (Å²) >= 11 is 0. The molecular formula is C16H20N4O. The first-order valence-corrected chi connectivity index (χ1v) is 7.12. The van der Waals surface area contributed by atoms with Gasteiger partial charge in [-0.1, -0.05) is 0 Å². The number of nitrogen functional groups attached to an aromatic ring is 1. The molecule has 0 spiro atoms. The van der Waals surface area contributed by atoms with Gasteiger partial charge in [-0.05, 0) is 36.4 Å². The SMILES string of the molecule is COc1ccc(N2CCN(c3ncccc3N)CC2)cc1. The number of pyridine rings is 1. The summed E-state index contributed by atoms with van der Waals surface area (Å²) in [4.78, 5) is 9.00. The molecule has 0 bridgehead atoms. The molecule has 1 aliphatic heterocycles. The van der Waals surface area contributed by atoms with Crippen LogP contribution in [-0.4, -0.2) is 38.3 Å². The van der Waals surface area contributed by atoms with Crippen molar-refractivity contribution in [2.45, 2.75) is 0 Å². The molecule has 1 saturated heterocycles. The Labute approximate surface area is 125 Å². The third kappa shape index (κ3) is 2.86. The van der Waals surface area contributed by atoms with E-state index in [0.717, 1.165) is 43.4 Å². The number of anilines is 3. The van der Waals surface area contributed by atoms with Crippen molar-refractivity contribution in [3.63, 3.8) is 0 Å². The van der Waals surface area contributed by atoms with Gasteiger partial charge < -0.3 is 20.3 Å². The van der Waals surface area contributed by atoms with Crippen molar-refractivity contribution in [3.05, 3.63) is 42.6 Å². The summed E-state index contributed by atoms with van der Waals surface area (Å²) in [5.41, 5.74) is 7.97. The van der Waals surface area contributed by atoms with Crippen LogP contribution in [0.2, 0.25) is 0 Å². The van der Waals surface area contributed by atoms with Gasteiger partial charge in [0.15, 0.2) is 5.82 Å². The molecule has 0 radical (unpaired) electrons. The quantitative estimate of drug-likeness (QED) is 0.934. The fourth-order valence-electron chi connectivity index (χ4n) is 2.64. The molecule has 0 aliphatic carbocycles. The molecular weight excluding hydrogens is 264 g/mol. The minimum atomic E-state index is 0.746. The number of nitrogens with two attached hydrogens (primary N) is 1. The van der Waals surface area contributed by atoms with E-state index in [1.54, 1.807) is 13.3 Å². The van der Waals surface area contributed by atoms with Gasteiger partial charge in [0.25, 0.3) is 0 Å². The van der Waals surface area contributed by atoms with Gasteiger partial charge in [-0.3, -0.25) is 0 Å². The van der Waals surface area contributed by atoms with Gasteiger partial charge >= 0.3 is 0 Å². The highest BCUT2D eigenvalue weighted by atomic mass is 16.5. The van der Waals surface area contributed by atoms with Crippen LogP contribution >= 0.6 is 0 Å². The molecule has 1 aromatic carbocycles. The third-order valence-electron chi connectivity index (χ3n) is 3.83. The van der Waals surface area contributed by atoms with Gasteiger partial charge in [0.05, 0.1) is 12.8 Å². The second kappa shape index (κ2) is 5.91. The van der Waals surface area contributed by atoms with Gasteiger partial charge in [0.2, 0.25) is 0 Å². The first-order chi connectivity index (χ1) is 10.3. The van der Waals surface area contributed by atoms with Crippen LogP contribution in [0.15, 0.2) is 42.6 Å². The summed E-state index contributed by atoms with van der Waals surface area (Å²) in [5, 5.41) is 0. The Balaban J connectivity index is 1.66. The Morgan fingerprint density at radius 1 is 1.00 bits per heavy atom. The highest BCUT2D eigenvalue weighted by Gasteiger charge is 2.19. The topological polar surface area (TPSA) is 54.6 Å². The number of piperazine rings is 1. The van der Waals surface area contributed by atoms with Crippen molar-refractivity contribution >= 4 is 17.2 Å². The van der Waals surface area contributed by atoms with E-state index in [0.29, 0.717) is 0 Å². The smallest absolute Gasteiger partial charge is 0.151 e. The van der Waals surface area contributed by atoms with Crippen LogP contribution in [0.4, 0.5) is 17.2 Å². The van der Waals surface area contributed by atoms with Crippen LogP contribution in [0.3, 0.4) is 0 Å². The van der Waals surface area contributed by atoms with Crippen LogP contribution in [-0.2, 0) is 0 Å². The zero-order valence-corrected chi connectivity index (χ0v) is 12.2. The lowest BCUT2D eigenvalue weighted by atomic mass is 10.2. The van der Waals surface area contributed by atoms with Gasteiger partial charge in [-0.2, -0.15) is 0 Å². The molecule has 1 aromatic heterocycles. The fraction of sp³-hybridized carbons (Fsp3) is 0.312. The minimum Gasteiger partial charge on any atom is -0.497 e. The molecule has 110 valence electrons. The average molecular weight is 284 g/mol. The van der Waals surface area contributed by atoms with E-state index in [4.69, 9.17) is 10.5 Å². The van der Waals surface area contributed by atoms with Gasteiger partial charge in [0, 0.05) is 38.1 Å². The number of aromatic nitrogens is 1. The molecule has 2 aromatic rings. The van der Waals surface area contributed by atoms with E-state index in [2.05, 4.69) is 26.9 Å². The maximum atomic E-state index is 6.00. The largest absolute Gasteiger partial charge is 0.497 e.